The van der Waals surface area contributed by atoms with E-state index >= 15 is 0 Å². The van der Waals surface area contributed by atoms with Crippen molar-refractivity contribution in [1.29, 1.82) is 0 Å². The number of rotatable bonds is 2. The molecule has 3 heteroatoms. The van der Waals surface area contributed by atoms with E-state index in [-0.39, 0.29) is 5.92 Å². The van der Waals surface area contributed by atoms with E-state index in [1.165, 1.54) is 12.8 Å². The highest BCUT2D eigenvalue weighted by atomic mass is 16.2. The Kier molecular flexibility index (Phi) is 2.77. The molecule has 14 heavy (non-hydrogen) atoms. The van der Waals surface area contributed by atoms with Gasteiger partial charge in [-0.05, 0) is 19.3 Å². The fourth-order valence-corrected chi connectivity index (χ4v) is 2.46. The number of piperazine rings is 1. The number of carbonyl (C=O) groups excluding carboxylic acids is 1. The zero-order chi connectivity index (χ0) is 10.1. The smallest absolute Gasteiger partial charge is 0.225 e. The van der Waals surface area contributed by atoms with Crippen LogP contribution in [-0.4, -0.2) is 36.0 Å². The normalized spacial score (nSPS) is 33.1. The van der Waals surface area contributed by atoms with Gasteiger partial charge in [0.25, 0.3) is 0 Å². The van der Waals surface area contributed by atoms with Crippen molar-refractivity contribution in [2.75, 3.05) is 13.1 Å². The van der Waals surface area contributed by atoms with Gasteiger partial charge in [-0.1, -0.05) is 13.8 Å². The molecule has 0 aromatic carbocycles. The number of carbonyl (C=O) groups is 1. The first-order chi connectivity index (χ1) is 6.70. The Morgan fingerprint density at radius 3 is 2.50 bits per heavy atom. The van der Waals surface area contributed by atoms with Crippen molar-refractivity contribution in [3.63, 3.8) is 0 Å². The SMILES string of the molecule is CCC(C)C(=O)N1CC2CCC(C1)N2. The summed E-state index contributed by atoms with van der Waals surface area (Å²) in [7, 11) is 0. The minimum Gasteiger partial charge on any atom is -0.339 e. The van der Waals surface area contributed by atoms with Crippen LogP contribution < -0.4 is 5.32 Å². The molecule has 0 spiro atoms. The quantitative estimate of drug-likeness (QED) is 0.714. The molecule has 1 amide bonds. The molecule has 0 aromatic rings. The highest BCUT2D eigenvalue weighted by Gasteiger charge is 2.34. The van der Waals surface area contributed by atoms with E-state index in [9.17, 15) is 4.79 Å². The molecule has 0 radical (unpaired) electrons. The third-order valence-corrected chi connectivity index (χ3v) is 3.56. The summed E-state index contributed by atoms with van der Waals surface area (Å²) in [5, 5.41) is 3.54. The van der Waals surface area contributed by atoms with Crippen molar-refractivity contribution >= 4 is 5.91 Å². The number of nitrogens with zero attached hydrogens (tertiary/aromatic N) is 1. The first-order valence-electron chi connectivity index (χ1n) is 5.75. The van der Waals surface area contributed by atoms with Crippen LogP contribution in [0.5, 0.6) is 0 Å². The second-order valence-corrected chi connectivity index (χ2v) is 4.69. The zero-order valence-corrected chi connectivity index (χ0v) is 9.12. The van der Waals surface area contributed by atoms with E-state index in [1.807, 2.05) is 6.92 Å². The molecule has 0 aliphatic carbocycles. The summed E-state index contributed by atoms with van der Waals surface area (Å²) in [4.78, 5) is 14.0. The average Bonchev–Trinajstić information content (AvgIpc) is 2.55. The Labute approximate surface area is 85.8 Å². The van der Waals surface area contributed by atoms with Gasteiger partial charge in [0.1, 0.15) is 0 Å². The largest absolute Gasteiger partial charge is 0.339 e. The highest BCUT2D eigenvalue weighted by molar-refractivity contribution is 5.78. The first-order valence-corrected chi connectivity index (χ1v) is 5.75. The van der Waals surface area contributed by atoms with Gasteiger partial charge in [-0.3, -0.25) is 4.79 Å². The summed E-state index contributed by atoms with van der Waals surface area (Å²) in [5.74, 6) is 0.554. The monoisotopic (exact) mass is 196 g/mol. The summed E-state index contributed by atoms with van der Waals surface area (Å²) in [6, 6.07) is 1.14. The van der Waals surface area contributed by atoms with Gasteiger partial charge in [-0.15, -0.1) is 0 Å². The topological polar surface area (TPSA) is 32.3 Å². The molecule has 2 aliphatic rings. The van der Waals surface area contributed by atoms with Crippen molar-refractivity contribution in [2.24, 2.45) is 5.92 Å². The number of nitrogens with one attached hydrogen (secondary N) is 1. The number of likely N-dealkylation sites (tertiary alicyclic amines) is 1. The molecule has 3 atom stereocenters. The maximum absolute atomic E-state index is 11.9. The molecular weight excluding hydrogens is 176 g/mol. The van der Waals surface area contributed by atoms with Crippen LogP contribution >= 0.6 is 0 Å². The van der Waals surface area contributed by atoms with E-state index in [4.69, 9.17) is 0 Å². The number of hydrogen-bond acceptors (Lipinski definition) is 2. The van der Waals surface area contributed by atoms with Crippen LogP contribution in [0.1, 0.15) is 33.1 Å². The molecular formula is C11H20N2O. The van der Waals surface area contributed by atoms with E-state index < -0.39 is 0 Å². The molecule has 2 saturated heterocycles. The molecule has 2 heterocycles. The standard InChI is InChI=1S/C11H20N2O/c1-3-8(2)11(14)13-6-9-4-5-10(7-13)12-9/h8-10,12H,3-7H2,1-2H3. The van der Waals surface area contributed by atoms with Crippen molar-refractivity contribution in [3.05, 3.63) is 0 Å². The van der Waals surface area contributed by atoms with Crippen molar-refractivity contribution in [2.45, 2.75) is 45.2 Å². The summed E-state index contributed by atoms with van der Waals surface area (Å²) in [5.41, 5.74) is 0. The molecule has 2 aliphatic heterocycles. The van der Waals surface area contributed by atoms with Crippen molar-refractivity contribution in [1.82, 2.24) is 10.2 Å². The third-order valence-electron chi connectivity index (χ3n) is 3.56. The molecule has 2 fully saturated rings. The van der Waals surface area contributed by atoms with Gasteiger partial charge < -0.3 is 10.2 Å². The molecule has 3 nitrogen and oxygen atoms in total. The second kappa shape index (κ2) is 3.89. The van der Waals surface area contributed by atoms with Gasteiger partial charge >= 0.3 is 0 Å². The third kappa shape index (κ3) is 1.78. The Balaban J connectivity index is 1.95. The molecule has 2 bridgehead atoms. The number of amides is 1. The van der Waals surface area contributed by atoms with Gasteiger partial charge in [0.15, 0.2) is 0 Å². The average molecular weight is 196 g/mol. The Morgan fingerprint density at radius 2 is 2.00 bits per heavy atom. The van der Waals surface area contributed by atoms with Gasteiger partial charge in [-0.25, -0.2) is 0 Å². The van der Waals surface area contributed by atoms with Crippen molar-refractivity contribution < 1.29 is 4.79 Å². The summed E-state index contributed by atoms with van der Waals surface area (Å²) < 4.78 is 0. The molecule has 3 unspecified atom stereocenters. The Hall–Kier alpha value is -0.570. The maximum atomic E-state index is 11.9. The van der Waals surface area contributed by atoms with E-state index in [2.05, 4.69) is 17.1 Å². The summed E-state index contributed by atoms with van der Waals surface area (Å²) in [6.45, 7) is 5.98. The highest BCUT2D eigenvalue weighted by Crippen LogP contribution is 2.21. The van der Waals surface area contributed by atoms with Crippen LogP contribution in [-0.2, 0) is 4.79 Å². The first kappa shape index (κ1) is 9.97. The van der Waals surface area contributed by atoms with Crippen molar-refractivity contribution in [3.8, 4) is 0 Å². The van der Waals surface area contributed by atoms with Crippen LogP contribution in [0.2, 0.25) is 0 Å². The number of hydrogen-bond donors (Lipinski definition) is 1. The van der Waals surface area contributed by atoms with Crippen LogP contribution in [0.15, 0.2) is 0 Å². The molecule has 1 N–H and O–H groups in total. The minimum absolute atomic E-state index is 0.201. The Morgan fingerprint density at radius 1 is 1.43 bits per heavy atom. The van der Waals surface area contributed by atoms with E-state index in [0.29, 0.717) is 18.0 Å². The van der Waals surface area contributed by atoms with Gasteiger partial charge in [0, 0.05) is 31.1 Å². The van der Waals surface area contributed by atoms with Gasteiger partial charge in [0.2, 0.25) is 5.91 Å². The zero-order valence-electron chi connectivity index (χ0n) is 9.12. The summed E-state index contributed by atoms with van der Waals surface area (Å²) in [6.07, 6.45) is 3.45. The van der Waals surface area contributed by atoms with Crippen LogP contribution in [0.3, 0.4) is 0 Å². The van der Waals surface area contributed by atoms with Gasteiger partial charge in [-0.2, -0.15) is 0 Å². The second-order valence-electron chi connectivity index (χ2n) is 4.69. The lowest BCUT2D eigenvalue weighted by molar-refractivity contribution is -0.136. The predicted molar refractivity (Wildman–Crippen MR) is 56.0 cm³/mol. The summed E-state index contributed by atoms with van der Waals surface area (Å²) >= 11 is 0. The fraction of sp³-hybridized carbons (Fsp3) is 0.909. The van der Waals surface area contributed by atoms with Gasteiger partial charge in [0.05, 0.1) is 0 Å². The Bertz CT molecular complexity index is 217. The minimum atomic E-state index is 0.201. The molecule has 2 rings (SSSR count). The van der Waals surface area contributed by atoms with Crippen LogP contribution in [0, 0.1) is 5.92 Å². The van der Waals surface area contributed by atoms with E-state index in [0.717, 1.165) is 19.5 Å². The lowest BCUT2D eigenvalue weighted by atomic mass is 10.1. The van der Waals surface area contributed by atoms with E-state index in [1.54, 1.807) is 0 Å². The maximum Gasteiger partial charge on any atom is 0.225 e. The van der Waals surface area contributed by atoms with Crippen LogP contribution in [0.4, 0.5) is 0 Å². The number of fused-ring (bicyclic) bond motifs is 2. The van der Waals surface area contributed by atoms with Crippen LogP contribution in [0.25, 0.3) is 0 Å². The molecule has 80 valence electrons. The lowest BCUT2D eigenvalue weighted by Gasteiger charge is -2.34. The predicted octanol–water partition coefficient (Wildman–Crippen LogP) is 0.995. The molecule has 0 aromatic heterocycles. The lowest BCUT2D eigenvalue weighted by Crippen LogP contribution is -2.54. The fourth-order valence-electron chi connectivity index (χ4n) is 2.46. The molecule has 0 saturated carbocycles.